The third-order valence-electron chi connectivity index (χ3n) is 2.50. The summed E-state index contributed by atoms with van der Waals surface area (Å²) in [6, 6.07) is 11.3. The third kappa shape index (κ3) is 4.03. The summed E-state index contributed by atoms with van der Waals surface area (Å²) in [5.74, 6) is -0.241. The van der Waals surface area contributed by atoms with Gasteiger partial charge in [-0.05, 0) is 29.8 Å². The summed E-state index contributed by atoms with van der Waals surface area (Å²) in [6.07, 6.45) is 0. The predicted octanol–water partition coefficient (Wildman–Crippen LogP) is 4.59. The zero-order valence-corrected chi connectivity index (χ0v) is 13.2. The number of rotatable bonds is 4. The van der Waals surface area contributed by atoms with Crippen LogP contribution in [0.4, 0.5) is 5.69 Å². The van der Waals surface area contributed by atoms with Crippen LogP contribution < -0.4 is 4.72 Å². The first kappa shape index (κ1) is 15.4. The average Bonchev–Trinajstić information content (AvgIpc) is 2.36. The van der Waals surface area contributed by atoms with E-state index >= 15 is 0 Å². The molecule has 106 valence electrons. The molecule has 1 N–H and O–H groups in total. The van der Waals surface area contributed by atoms with Crippen molar-refractivity contribution in [1.29, 1.82) is 0 Å². The highest BCUT2D eigenvalue weighted by Crippen LogP contribution is 2.27. The lowest BCUT2D eigenvalue weighted by atomic mass is 10.2. The molecule has 3 nitrogen and oxygen atoms in total. The first-order chi connectivity index (χ1) is 9.37. The quantitative estimate of drug-likeness (QED) is 0.876. The van der Waals surface area contributed by atoms with Crippen molar-refractivity contribution in [2.75, 3.05) is 4.72 Å². The molecule has 0 aromatic heterocycles. The number of sulfonamides is 1. The van der Waals surface area contributed by atoms with Crippen LogP contribution in [0.2, 0.25) is 15.1 Å². The molecular formula is C13H10Cl3NO2S. The van der Waals surface area contributed by atoms with Gasteiger partial charge in [-0.1, -0.05) is 53.0 Å². The lowest BCUT2D eigenvalue weighted by Crippen LogP contribution is -2.15. The molecule has 0 saturated carbocycles. The van der Waals surface area contributed by atoms with E-state index in [9.17, 15) is 8.42 Å². The van der Waals surface area contributed by atoms with Gasteiger partial charge in [-0.2, -0.15) is 0 Å². The fraction of sp³-hybridized carbons (Fsp3) is 0.0769. The molecule has 0 aliphatic heterocycles. The predicted molar refractivity (Wildman–Crippen MR) is 84.2 cm³/mol. The van der Waals surface area contributed by atoms with E-state index in [1.165, 1.54) is 12.1 Å². The topological polar surface area (TPSA) is 46.2 Å². The standard InChI is InChI=1S/C13H10Cl3NO2S/c14-10-5-6-12(16)13(7-10)17-20(18,19)8-9-3-1-2-4-11(9)15/h1-7,17H,8H2. The van der Waals surface area contributed by atoms with Crippen LogP contribution in [0.3, 0.4) is 0 Å². The molecule has 0 amide bonds. The van der Waals surface area contributed by atoms with E-state index in [1.807, 2.05) is 0 Å². The van der Waals surface area contributed by atoms with E-state index in [1.54, 1.807) is 30.3 Å². The Labute approximate surface area is 132 Å². The Hall–Kier alpha value is -0.940. The highest BCUT2D eigenvalue weighted by molar-refractivity contribution is 7.91. The zero-order valence-electron chi connectivity index (χ0n) is 10.1. The van der Waals surface area contributed by atoms with Crippen molar-refractivity contribution in [3.05, 3.63) is 63.1 Å². The Morgan fingerprint density at radius 1 is 0.950 bits per heavy atom. The molecule has 0 fully saturated rings. The van der Waals surface area contributed by atoms with E-state index in [0.29, 0.717) is 15.6 Å². The molecule has 0 radical (unpaired) electrons. The monoisotopic (exact) mass is 349 g/mol. The minimum absolute atomic E-state index is 0.241. The van der Waals surface area contributed by atoms with Crippen molar-refractivity contribution in [3.8, 4) is 0 Å². The first-order valence-corrected chi connectivity index (χ1v) is 8.35. The average molecular weight is 351 g/mol. The van der Waals surface area contributed by atoms with Crippen LogP contribution >= 0.6 is 34.8 Å². The normalized spacial score (nSPS) is 11.3. The Morgan fingerprint density at radius 3 is 2.35 bits per heavy atom. The molecule has 2 aromatic carbocycles. The summed E-state index contributed by atoms with van der Waals surface area (Å²) in [7, 11) is -3.63. The van der Waals surface area contributed by atoms with Crippen LogP contribution in [0.25, 0.3) is 0 Å². The Bertz CT molecular complexity index is 732. The van der Waals surface area contributed by atoms with Crippen molar-refractivity contribution in [1.82, 2.24) is 0 Å². The van der Waals surface area contributed by atoms with Crippen LogP contribution in [0.5, 0.6) is 0 Å². The van der Waals surface area contributed by atoms with Crippen LogP contribution in [-0.4, -0.2) is 8.42 Å². The highest BCUT2D eigenvalue weighted by Gasteiger charge is 2.15. The summed E-state index contributed by atoms with van der Waals surface area (Å²) in [5.41, 5.74) is 0.756. The van der Waals surface area contributed by atoms with Gasteiger partial charge in [0.05, 0.1) is 16.5 Å². The third-order valence-corrected chi connectivity index (χ3v) is 4.65. The second-order valence-electron chi connectivity index (χ2n) is 4.08. The lowest BCUT2D eigenvalue weighted by Gasteiger charge is -2.10. The van der Waals surface area contributed by atoms with Crippen molar-refractivity contribution >= 4 is 50.5 Å². The van der Waals surface area contributed by atoms with Gasteiger partial charge in [0.25, 0.3) is 0 Å². The number of hydrogen-bond acceptors (Lipinski definition) is 2. The number of hydrogen-bond donors (Lipinski definition) is 1. The van der Waals surface area contributed by atoms with E-state index in [-0.39, 0.29) is 16.5 Å². The fourth-order valence-electron chi connectivity index (χ4n) is 1.60. The molecule has 7 heteroatoms. The van der Waals surface area contributed by atoms with Gasteiger partial charge in [-0.25, -0.2) is 8.42 Å². The molecule has 0 saturated heterocycles. The molecule has 2 aromatic rings. The van der Waals surface area contributed by atoms with Crippen LogP contribution in [0.15, 0.2) is 42.5 Å². The van der Waals surface area contributed by atoms with E-state index in [0.717, 1.165) is 0 Å². The van der Waals surface area contributed by atoms with Gasteiger partial charge in [0.15, 0.2) is 0 Å². The van der Waals surface area contributed by atoms with Crippen LogP contribution in [-0.2, 0) is 15.8 Å². The summed E-state index contributed by atoms with van der Waals surface area (Å²) < 4.78 is 26.6. The van der Waals surface area contributed by atoms with Gasteiger partial charge in [-0.15, -0.1) is 0 Å². The van der Waals surface area contributed by atoms with Gasteiger partial charge in [-0.3, -0.25) is 4.72 Å². The summed E-state index contributed by atoms with van der Waals surface area (Å²) >= 11 is 17.7. The molecule has 0 spiro atoms. The van der Waals surface area contributed by atoms with Crippen molar-refractivity contribution < 1.29 is 8.42 Å². The molecule has 0 atom stereocenters. The largest absolute Gasteiger partial charge is 0.282 e. The molecule has 0 bridgehead atoms. The number of anilines is 1. The van der Waals surface area contributed by atoms with Crippen molar-refractivity contribution in [3.63, 3.8) is 0 Å². The van der Waals surface area contributed by atoms with E-state index in [2.05, 4.69) is 4.72 Å². The maximum atomic E-state index is 12.1. The summed E-state index contributed by atoms with van der Waals surface area (Å²) in [6.45, 7) is 0. The SMILES string of the molecule is O=S(=O)(Cc1ccccc1Cl)Nc1cc(Cl)ccc1Cl. The maximum Gasteiger partial charge on any atom is 0.237 e. The maximum absolute atomic E-state index is 12.1. The van der Waals surface area contributed by atoms with Gasteiger partial charge in [0.1, 0.15) is 0 Å². The van der Waals surface area contributed by atoms with Gasteiger partial charge >= 0.3 is 0 Å². The number of halogens is 3. The van der Waals surface area contributed by atoms with Gasteiger partial charge in [0.2, 0.25) is 10.0 Å². The van der Waals surface area contributed by atoms with E-state index in [4.69, 9.17) is 34.8 Å². The Morgan fingerprint density at radius 2 is 1.65 bits per heavy atom. The second-order valence-corrected chi connectivity index (χ2v) is 7.05. The highest BCUT2D eigenvalue weighted by atomic mass is 35.5. The molecule has 0 heterocycles. The van der Waals surface area contributed by atoms with Crippen molar-refractivity contribution in [2.24, 2.45) is 0 Å². The zero-order chi connectivity index (χ0) is 14.8. The summed E-state index contributed by atoms with van der Waals surface area (Å²) in [4.78, 5) is 0. The molecule has 0 unspecified atom stereocenters. The molecule has 0 aliphatic rings. The van der Waals surface area contributed by atoms with Gasteiger partial charge < -0.3 is 0 Å². The van der Waals surface area contributed by atoms with Crippen LogP contribution in [0, 0.1) is 0 Å². The minimum atomic E-state index is -3.63. The van der Waals surface area contributed by atoms with Crippen molar-refractivity contribution in [2.45, 2.75) is 5.75 Å². The minimum Gasteiger partial charge on any atom is -0.282 e. The fourth-order valence-corrected chi connectivity index (χ4v) is 3.51. The Kier molecular flexibility index (Phi) is 4.81. The second kappa shape index (κ2) is 6.22. The number of benzene rings is 2. The molecule has 20 heavy (non-hydrogen) atoms. The molecule has 2 rings (SSSR count). The molecular weight excluding hydrogens is 341 g/mol. The van der Waals surface area contributed by atoms with E-state index < -0.39 is 10.0 Å². The van der Waals surface area contributed by atoms with Gasteiger partial charge in [0, 0.05) is 10.0 Å². The first-order valence-electron chi connectivity index (χ1n) is 5.56. The number of nitrogens with one attached hydrogen (secondary N) is 1. The molecule has 0 aliphatic carbocycles. The van der Waals surface area contributed by atoms with Crippen LogP contribution in [0.1, 0.15) is 5.56 Å². The smallest absolute Gasteiger partial charge is 0.237 e. The Balaban J connectivity index is 2.24. The lowest BCUT2D eigenvalue weighted by molar-refractivity contribution is 0.600. The summed E-state index contributed by atoms with van der Waals surface area (Å²) in [5, 5.41) is 1.07.